The molecule has 1 saturated carbocycles. The van der Waals surface area contributed by atoms with Crippen LogP contribution in [0.1, 0.15) is 32.7 Å². The van der Waals surface area contributed by atoms with Gasteiger partial charge in [-0.1, -0.05) is 12.8 Å². The summed E-state index contributed by atoms with van der Waals surface area (Å²) < 4.78 is 31.4. The van der Waals surface area contributed by atoms with E-state index in [1.807, 2.05) is 0 Å². The van der Waals surface area contributed by atoms with E-state index in [1.54, 1.807) is 0 Å². The maximum atomic E-state index is 12.3. The molecule has 2 aromatic rings. The normalized spacial score (nSPS) is 31.1. The topological polar surface area (TPSA) is 151 Å². The van der Waals surface area contributed by atoms with Crippen molar-refractivity contribution in [1.29, 1.82) is 5.26 Å². The number of nitrogen functional groups attached to an aromatic ring is 1. The number of aromatic nitrogens is 3. The first kappa shape index (κ1) is 17.5. The molecule has 3 aliphatic rings. The number of rotatable bonds is 4. The predicted molar refractivity (Wildman–Crippen MR) is 97.6 cm³/mol. The van der Waals surface area contributed by atoms with Crippen molar-refractivity contribution in [2.24, 2.45) is 5.92 Å². The third-order valence-corrected chi connectivity index (χ3v) is 5.88. The van der Waals surface area contributed by atoms with E-state index in [4.69, 9.17) is 26.1 Å². The number of fused-ring (bicyclic) bond motifs is 2. The Labute approximate surface area is 172 Å². The highest BCUT2D eigenvalue weighted by Crippen LogP contribution is 2.46. The molecule has 0 radical (unpaired) electrons. The molecule has 2 aromatic heterocycles. The third kappa shape index (κ3) is 2.68. The first-order valence-corrected chi connectivity index (χ1v) is 9.67. The summed E-state index contributed by atoms with van der Waals surface area (Å²) in [5.74, 6) is -0.435. The molecule has 1 aliphatic carbocycles. The van der Waals surface area contributed by atoms with Gasteiger partial charge < -0.3 is 24.7 Å². The predicted octanol–water partition coefficient (Wildman–Crippen LogP) is 1.07. The lowest BCUT2D eigenvalue weighted by atomic mass is 9.92. The van der Waals surface area contributed by atoms with E-state index in [9.17, 15) is 14.9 Å². The Morgan fingerprint density at radius 3 is 3.03 bits per heavy atom. The van der Waals surface area contributed by atoms with Crippen LogP contribution in [0.5, 0.6) is 0 Å². The van der Waals surface area contributed by atoms with Crippen LogP contribution in [0.2, 0.25) is 0 Å². The molecule has 30 heavy (non-hydrogen) atoms. The van der Waals surface area contributed by atoms with Crippen molar-refractivity contribution in [3.8, 4) is 6.07 Å². The van der Waals surface area contributed by atoms with Gasteiger partial charge in [-0.2, -0.15) is 10.4 Å². The second-order valence-corrected chi connectivity index (χ2v) is 7.57. The van der Waals surface area contributed by atoms with Crippen molar-refractivity contribution in [3.63, 3.8) is 0 Å². The van der Waals surface area contributed by atoms with Crippen LogP contribution in [0, 0.1) is 17.2 Å². The van der Waals surface area contributed by atoms with E-state index < -0.39 is 30.1 Å². The first-order chi connectivity index (χ1) is 14.9. The molecule has 2 saturated heterocycles. The fraction of sp³-hybridized carbons (Fsp3) is 0.526. The molecular weight excluding hydrogens is 394 g/mol. The van der Waals surface area contributed by atoms with E-state index in [-0.39, 0.29) is 41.6 Å². The molecule has 3 fully saturated rings. The van der Waals surface area contributed by atoms with Crippen molar-refractivity contribution in [2.75, 3.05) is 12.3 Å². The van der Waals surface area contributed by atoms with Gasteiger partial charge >= 0.3 is 12.1 Å². The molecule has 4 heterocycles. The van der Waals surface area contributed by atoms with Crippen molar-refractivity contribution in [3.05, 3.63) is 24.1 Å². The van der Waals surface area contributed by atoms with Crippen LogP contribution in [-0.2, 0) is 29.3 Å². The maximum absolute atomic E-state index is 12.3. The SMILES string of the molecule is [2H]c1cc([C@]2(C#N)O[C@H](COC(=O)C3CCCC3)[C@H]3OC(=O)O[C@H]32)n2ncnc(N)c12. The summed E-state index contributed by atoms with van der Waals surface area (Å²) in [7, 11) is 0. The van der Waals surface area contributed by atoms with Gasteiger partial charge in [-0.15, -0.1) is 0 Å². The summed E-state index contributed by atoms with van der Waals surface area (Å²) in [5.41, 5.74) is 4.35. The van der Waals surface area contributed by atoms with Crippen LogP contribution in [0.3, 0.4) is 0 Å². The van der Waals surface area contributed by atoms with Gasteiger partial charge in [-0.05, 0) is 25.0 Å². The zero-order chi connectivity index (χ0) is 21.8. The van der Waals surface area contributed by atoms with Gasteiger partial charge in [0, 0.05) is 0 Å². The number of nitriles is 1. The van der Waals surface area contributed by atoms with E-state index in [0.717, 1.165) is 25.7 Å². The fourth-order valence-electron chi connectivity index (χ4n) is 4.40. The molecular formula is C19H19N5O6. The number of carbonyl (C=O) groups excluding carboxylic acids is 2. The first-order valence-electron chi connectivity index (χ1n) is 10.2. The van der Waals surface area contributed by atoms with E-state index in [1.165, 1.54) is 16.9 Å². The molecule has 11 heteroatoms. The molecule has 156 valence electrons. The Bertz CT molecular complexity index is 1110. The Kier molecular flexibility index (Phi) is 3.98. The number of carbonyl (C=O) groups is 2. The number of hydrogen-bond acceptors (Lipinski definition) is 10. The molecule has 0 amide bonds. The summed E-state index contributed by atoms with van der Waals surface area (Å²) in [4.78, 5) is 28.1. The average Bonchev–Trinajstić information content (AvgIpc) is 3.51. The monoisotopic (exact) mass is 414 g/mol. The number of nitrogens with two attached hydrogens (primary N) is 1. The molecule has 2 aliphatic heterocycles. The molecule has 0 unspecified atom stereocenters. The van der Waals surface area contributed by atoms with Crippen LogP contribution in [0.4, 0.5) is 10.6 Å². The molecule has 4 atom stereocenters. The zero-order valence-corrected chi connectivity index (χ0v) is 15.8. The Morgan fingerprint density at radius 2 is 2.27 bits per heavy atom. The second-order valence-electron chi connectivity index (χ2n) is 7.57. The number of ether oxygens (including phenoxy) is 4. The molecule has 0 spiro atoms. The van der Waals surface area contributed by atoms with Crippen molar-refractivity contribution in [2.45, 2.75) is 49.6 Å². The van der Waals surface area contributed by atoms with Crippen LogP contribution in [-0.4, -0.2) is 51.6 Å². The third-order valence-electron chi connectivity index (χ3n) is 5.88. The number of hydrogen-bond donors (Lipinski definition) is 1. The van der Waals surface area contributed by atoms with Crippen LogP contribution in [0.25, 0.3) is 5.52 Å². The smallest absolute Gasteiger partial charge is 0.463 e. The average molecular weight is 414 g/mol. The molecule has 5 rings (SSSR count). The van der Waals surface area contributed by atoms with Gasteiger partial charge in [0.15, 0.2) is 18.0 Å². The lowest BCUT2D eigenvalue weighted by Gasteiger charge is -2.24. The van der Waals surface area contributed by atoms with Gasteiger partial charge in [-0.25, -0.2) is 14.3 Å². The van der Waals surface area contributed by atoms with E-state index in [0.29, 0.717) is 0 Å². The van der Waals surface area contributed by atoms with E-state index in [2.05, 4.69) is 16.2 Å². The quantitative estimate of drug-likeness (QED) is 0.719. The van der Waals surface area contributed by atoms with Gasteiger partial charge in [0.2, 0.25) is 5.60 Å². The summed E-state index contributed by atoms with van der Waals surface area (Å²) in [6, 6.07) is 3.40. The van der Waals surface area contributed by atoms with Gasteiger partial charge in [-0.3, -0.25) is 4.79 Å². The number of esters is 1. The summed E-state index contributed by atoms with van der Waals surface area (Å²) in [5, 5.41) is 14.2. The van der Waals surface area contributed by atoms with Gasteiger partial charge in [0.25, 0.3) is 0 Å². The molecule has 11 nitrogen and oxygen atoms in total. The fourth-order valence-corrected chi connectivity index (χ4v) is 4.40. The largest absolute Gasteiger partial charge is 0.509 e. The van der Waals surface area contributed by atoms with E-state index >= 15 is 0 Å². The Hall–Kier alpha value is -3.39. The molecule has 0 aromatic carbocycles. The highest BCUT2D eigenvalue weighted by Gasteiger charge is 2.65. The standard InChI is InChI=1S/C19H19N5O6/c20-8-19(13-6-5-11-16(21)22-9-23-24(11)13)15-14(28-18(26)29-15)12(30-19)7-27-17(25)10-3-1-2-4-10/h5-6,9-10,12,14-15H,1-4,7H2,(H2,21,22,23)/t12-,14-,15-,19+/m1/s1/i5D. The van der Waals surface area contributed by atoms with Crippen LogP contribution < -0.4 is 5.73 Å². The van der Waals surface area contributed by atoms with Crippen molar-refractivity contribution >= 4 is 23.5 Å². The van der Waals surface area contributed by atoms with Crippen molar-refractivity contribution < 1.29 is 29.9 Å². The van der Waals surface area contributed by atoms with Crippen LogP contribution >= 0.6 is 0 Å². The second kappa shape index (κ2) is 6.84. The maximum Gasteiger partial charge on any atom is 0.509 e. The summed E-state index contributed by atoms with van der Waals surface area (Å²) >= 11 is 0. The Morgan fingerprint density at radius 1 is 1.47 bits per heavy atom. The minimum atomic E-state index is -1.84. The summed E-state index contributed by atoms with van der Waals surface area (Å²) in [6.45, 7) is -0.204. The number of nitrogens with zero attached hydrogens (tertiary/aromatic N) is 4. The zero-order valence-electron chi connectivity index (χ0n) is 16.8. The highest BCUT2D eigenvalue weighted by molar-refractivity contribution is 5.72. The minimum absolute atomic E-state index is 0.0239. The molecule has 0 bridgehead atoms. The summed E-state index contributed by atoms with van der Waals surface area (Å²) in [6.07, 6.45) is 0.702. The Balaban J connectivity index is 1.49. The lowest BCUT2D eigenvalue weighted by Crippen LogP contribution is -2.39. The van der Waals surface area contributed by atoms with Crippen LogP contribution in [0.15, 0.2) is 18.4 Å². The molecule has 2 N–H and O–H groups in total. The highest BCUT2D eigenvalue weighted by atomic mass is 16.8. The van der Waals surface area contributed by atoms with Gasteiger partial charge in [0.1, 0.15) is 30.6 Å². The van der Waals surface area contributed by atoms with Gasteiger partial charge in [0.05, 0.1) is 13.0 Å². The van der Waals surface area contributed by atoms with Crippen molar-refractivity contribution in [1.82, 2.24) is 14.6 Å². The number of anilines is 1. The lowest BCUT2D eigenvalue weighted by molar-refractivity contribution is -0.156. The minimum Gasteiger partial charge on any atom is -0.463 e.